The Balaban J connectivity index is 1.68. The number of aromatic amines is 1. The largest absolute Gasteiger partial charge is 0.378 e. The fourth-order valence-corrected chi connectivity index (χ4v) is 3.52. The number of nitrogens with one attached hydrogen (secondary N) is 2. The lowest BCUT2D eigenvalue weighted by atomic mass is 9.98. The molecule has 0 aliphatic carbocycles. The van der Waals surface area contributed by atoms with Gasteiger partial charge >= 0.3 is 0 Å². The molecule has 4 aliphatic heterocycles. The van der Waals surface area contributed by atoms with Crippen molar-refractivity contribution in [3.05, 3.63) is 82.5 Å². The predicted molar refractivity (Wildman–Crippen MR) is 107 cm³/mol. The first kappa shape index (κ1) is 14.1. The summed E-state index contributed by atoms with van der Waals surface area (Å²) in [6, 6.07) is 3.16. The molecule has 0 amide bonds. The first-order chi connectivity index (χ1) is 13.1. The molecule has 0 spiro atoms. The van der Waals surface area contributed by atoms with E-state index in [1.807, 2.05) is 60.7 Å². The van der Waals surface area contributed by atoms with Crippen molar-refractivity contribution < 1.29 is 1.37 Å². The lowest BCUT2D eigenvalue weighted by Crippen LogP contribution is -2.26. The van der Waals surface area contributed by atoms with Gasteiger partial charge in [0.1, 0.15) is 0 Å². The highest BCUT2D eigenvalue weighted by Crippen LogP contribution is 2.25. The summed E-state index contributed by atoms with van der Waals surface area (Å²) in [6.07, 6.45) is 18.9. The van der Waals surface area contributed by atoms with E-state index >= 15 is 0 Å². The second-order valence-electron chi connectivity index (χ2n) is 6.75. The summed E-state index contributed by atoms with van der Waals surface area (Å²) in [5.74, 6) is 0.0788. The number of allylic oxidation sites excluding steroid dienone is 5. The third-order valence-corrected chi connectivity index (χ3v) is 4.82. The second kappa shape index (κ2) is 5.99. The van der Waals surface area contributed by atoms with E-state index in [1.54, 1.807) is 0 Å². The maximum Gasteiger partial charge on any atom is 0.0658 e. The minimum atomic E-state index is -0.905. The topological polar surface area (TPSA) is 52.5 Å². The molecule has 2 N–H and O–H groups in total. The maximum absolute atomic E-state index is 8.97. The number of aromatic nitrogens is 1. The van der Waals surface area contributed by atoms with Crippen molar-refractivity contribution in [1.29, 1.82) is 0 Å². The zero-order valence-electron chi connectivity index (χ0n) is 15.5. The Morgan fingerprint density at radius 1 is 0.923 bits per heavy atom. The average Bonchev–Trinajstić information content (AvgIpc) is 3.39. The third-order valence-electron chi connectivity index (χ3n) is 4.82. The number of fused-ring (bicyclic) bond motifs is 6. The van der Waals surface area contributed by atoms with Crippen LogP contribution in [0, 0.1) is 5.92 Å². The highest BCUT2D eigenvalue weighted by Gasteiger charge is 2.24. The molecule has 0 aromatic carbocycles. The first-order valence-corrected chi connectivity index (χ1v) is 8.96. The second-order valence-corrected chi connectivity index (χ2v) is 6.75. The molecule has 4 nitrogen and oxygen atoms in total. The van der Waals surface area contributed by atoms with Crippen molar-refractivity contribution in [3.63, 3.8) is 0 Å². The summed E-state index contributed by atoms with van der Waals surface area (Å²) in [6.45, 7) is 2.11. The van der Waals surface area contributed by atoms with Crippen molar-refractivity contribution in [3.8, 4) is 0 Å². The molecule has 1 aromatic heterocycles. The van der Waals surface area contributed by atoms with Gasteiger partial charge in [0.15, 0.2) is 0 Å². The Hall–Kier alpha value is -3.14. The third kappa shape index (κ3) is 2.84. The zero-order chi connectivity index (χ0) is 18.4. The summed E-state index contributed by atoms with van der Waals surface area (Å²) in [5.41, 5.74) is 4.43. The van der Waals surface area contributed by atoms with Gasteiger partial charge < -0.3 is 10.3 Å². The lowest BCUT2D eigenvalue weighted by molar-refractivity contribution is 0.540. The van der Waals surface area contributed by atoms with Crippen LogP contribution in [0.15, 0.2) is 81.7 Å². The van der Waals surface area contributed by atoms with E-state index in [0.717, 1.165) is 45.6 Å². The highest BCUT2D eigenvalue weighted by atomic mass is 15.0. The Labute approximate surface area is 153 Å². The van der Waals surface area contributed by atoms with Gasteiger partial charge in [-0.15, -0.1) is 0 Å². The molecule has 0 radical (unpaired) electrons. The van der Waals surface area contributed by atoms with Crippen LogP contribution in [0.1, 0.15) is 14.7 Å². The van der Waals surface area contributed by atoms with E-state index in [1.165, 1.54) is 0 Å². The van der Waals surface area contributed by atoms with Gasteiger partial charge in [-0.1, -0.05) is 13.0 Å². The van der Waals surface area contributed by atoms with Gasteiger partial charge in [-0.25, -0.2) is 9.98 Å². The van der Waals surface area contributed by atoms with Gasteiger partial charge in [0.2, 0.25) is 0 Å². The van der Waals surface area contributed by atoms with Crippen LogP contribution in [0.25, 0.3) is 12.2 Å². The van der Waals surface area contributed by atoms with Gasteiger partial charge in [-0.05, 0) is 67.2 Å². The molecule has 5 heterocycles. The first-order valence-electron chi connectivity index (χ1n) is 9.46. The predicted octanol–water partition coefficient (Wildman–Crippen LogP) is 2.26. The molecule has 128 valence electrons. The van der Waals surface area contributed by atoms with Gasteiger partial charge in [-0.2, -0.15) is 0 Å². The standard InChI is InChI=1S/C22H20N4/c1-2-14-9-21-12-19-6-5-17(24-19)10-15-3-4-16(23-15)11-18-7-8-20(25-18)13-22(14)26-21/h3-14,22-23,26H,2H2,1H3/b15-10-,16-11-,19-12-,20-13-/i22D. The van der Waals surface area contributed by atoms with Crippen LogP contribution in [0.4, 0.5) is 0 Å². The molecule has 2 unspecified atom stereocenters. The molecule has 0 saturated heterocycles. The summed E-state index contributed by atoms with van der Waals surface area (Å²) >= 11 is 0. The molecule has 0 fully saturated rings. The van der Waals surface area contributed by atoms with Crippen LogP contribution in [-0.4, -0.2) is 22.4 Å². The zero-order valence-corrected chi connectivity index (χ0v) is 14.5. The average molecular weight is 341 g/mol. The maximum atomic E-state index is 8.97. The lowest BCUT2D eigenvalue weighted by Gasteiger charge is -2.15. The minimum absolute atomic E-state index is 0.0788. The van der Waals surface area contributed by atoms with Crippen LogP contribution in [-0.2, 0) is 0 Å². The van der Waals surface area contributed by atoms with Crippen molar-refractivity contribution in [2.24, 2.45) is 15.9 Å². The highest BCUT2D eigenvalue weighted by molar-refractivity contribution is 6.20. The number of H-pyrrole nitrogens is 1. The van der Waals surface area contributed by atoms with Gasteiger partial charge in [-0.3, -0.25) is 0 Å². The van der Waals surface area contributed by atoms with Crippen LogP contribution in [0.2, 0.25) is 0 Å². The smallest absolute Gasteiger partial charge is 0.0658 e. The number of hydrogen-bond acceptors (Lipinski definition) is 3. The molecule has 0 saturated carbocycles. The molecule has 1 aromatic rings. The fraction of sp³-hybridized carbons (Fsp3) is 0.182. The molecule has 8 bridgehead atoms. The van der Waals surface area contributed by atoms with E-state index in [-0.39, 0.29) is 5.92 Å². The SMILES string of the molecule is [2H]C12/C=C3/C=CC(=N3)/C=c3/cc/c([nH]3)=C/C3=NC(=C\C(=CC1CC)N2)/C=C3. The number of aliphatic imine (C=N–C) groups is 2. The molecule has 26 heavy (non-hydrogen) atoms. The Kier molecular flexibility index (Phi) is 3.24. The van der Waals surface area contributed by atoms with Gasteiger partial charge in [0, 0.05) is 22.3 Å². The van der Waals surface area contributed by atoms with E-state index in [9.17, 15) is 0 Å². The van der Waals surface area contributed by atoms with Crippen LogP contribution in [0.5, 0.6) is 0 Å². The van der Waals surface area contributed by atoms with E-state index in [4.69, 9.17) is 1.37 Å². The Bertz CT molecular complexity index is 1150. The molecule has 5 rings (SSSR count). The molecular formula is C22H20N4. The minimum Gasteiger partial charge on any atom is -0.378 e. The fourth-order valence-electron chi connectivity index (χ4n) is 3.52. The van der Waals surface area contributed by atoms with Crippen LogP contribution < -0.4 is 16.0 Å². The van der Waals surface area contributed by atoms with E-state index in [0.29, 0.717) is 0 Å². The molecule has 4 aliphatic rings. The van der Waals surface area contributed by atoms with Crippen LogP contribution in [0.3, 0.4) is 0 Å². The van der Waals surface area contributed by atoms with Gasteiger partial charge in [0.25, 0.3) is 0 Å². The Morgan fingerprint density at radius 2 is 1.62 bits per heavy atom. The normalized spacial score (nSPS) is 35.5. The van der Waals surface area contributed by atoms with Crippen molar-refractivity contribution >= 4 is 23.6 Å². The number of hydrogen-bond donors (Lipinski definition) is 2. The van der Waals surface area contributed by atoms with E-state index < -0.39 is 6.02 Å². The number of rotatable bonds is 1. The summed E-state index contributed by atoms with van der Waals surface area (Å²) in [7, 11) is 0. The molecule has 2 atom stereocenters. The Morgan fingerprint density at radius 3 is 2.35 bits per heavy atom. The summed E-state index contributed by atoms with van der Waals surface area (Å²) in [5, 5.41) is 5.36. The molecule has 4 heteroatoms. The van der Waals surface area contributed by atoms with Crippen molar-refractivity contribution in [2.75, 3.05) is 0 Å². The summed E-state index contributed by atoms with van der Waals surface area (Å²) < 4.78 is 8.97. The summed E-state index contributed by atoms with van der Waals surface area (Å²) in [4.78, 5) is 12.7. The van der Waals surface area contributed by atoms with Crippen molar-refractivity contribution in [2.45, 2.75) is 19.4 Å². The van der Waals surface area contributed by atoms with Gasteiger partial charge in [0.05, 0.1) is 30.2 Å². The monoisotopic (exact) mass is 341 g/mol. The van der Waals surface area contributed by atoms with E-state index in [2.05, 4.69) is 33.3 Å². The van der Waals surface area contributed by atoms with Crippen LogP contribution >= 0.6 is 0 Å². The van der Waals surface area contributed by atoms with Crippen molar-refractivity contribution in [1.82, 2.24) is 10.3 Å². The molecular weight excluding hydrogens is 320 g/mol. The number of nitrogens with zero attached hydrogens (tertiary/aromatic N) is 2. The quantitative estimate of drug-likeness (QED) is 0.809.